The van der Waals surface area contributed by atoms with Crippen LogP contribution in [-0.2, 0) is 0 Å². The molecule has 0 bridgehead atoms. The van der Waals surface area contributed by atoms with Crippen molar-refractivity contribution in [2.45, 2.75) is 72.1 Å². The van der Waals surface area contributed by atoms with Gasteiger partial charge < -0.3 is 0 Å². The molecule has 1 aliphatic carbocycles. The van der Waals surface area contributed by atoms with Crippen LogP contribution < -0.4 is 0 Å². The molecule has 0 N–H and O–H groups in total. The van der Waals surface area contributed by atoms with E-state index >= 15 is 0 Å². The molecule has 0 amide bonds. The molecule has 25 heavy (non-hydrogen) atoms. The van der Waals surface area contributed by atoms with Crippen LogP contribution in [0.2, 0.25) is 0 Å². The zero-order valence-corrected chi connectivity index (χ0v) is 17.4. The van der Waals surface area contributed by atoms with Gasteiger partial charge in [-0.2, -0.15) is 0 Å². The van der Waals surface area contributed by atoms with Gasteiger partial charge in [-0.3, -0.25) is 0 Å². The minimum absolute atomic E-state index is 0.0717. The summed E-state index contributed by atoms with van der Waals surface area (Å²) in [5.74, 6) is -1.98. The molecular formula is C22H33F2P. The maximum atomic E-state index is 13.2. The van der Waals surface area contributed by atoms with E-state index in [9.17, 15) is 8.78 Å². The van der Waals surface area contributed by atoms with E-state index in [4.69, 9.17) is 0 Å². The fourth-order valence-corrected chi connectivity index (χ4v) is 6.06. The fourth-order valence-electron chi connectivity index (χ4n) is 4.07. The van der Waals surface area contributed by atoms with Crippen molar-refractivity contribution in [3.05, 3.63) is 45.8 Å². The standard InChI is InChI=1S/C22H33F2P/c1-6-20(16(2)3)19-14-17(4)21(25(5)15-19)9-7-8-18-10-12-22(23,24)13-11-18/h7,9,14,18H,6,8,10-13,15H2,1-5H3/b9-7-. The van der Waals surface area contributed by atoms with Crippen molar-refractivity contribution >= 4 is 7.92 Å². The van der Waals surface area contributed by atoms with Gasteiger partial charge in [-0.1, -0.05) is 38.6 Å². The van der Waals surface area contributed by atoms with Crippen LogP contribution >= 0.6 is 7.92 Å². The number of allylic oxidation sites excluding steroid dienone is 8. The lowest BCUT2D eigenvalue weighted by Gasteiger charge is -2.28. The number of hydrogen-bond donors (Lipinski definition) is 0. The third-order valence-corrected chi connectivity index (χ3v) is 7.68. The smallest absolute Gasteiger partial charge is 0.207 e. The first-order valence-electron chi connectivity index (χ1n) is 9.57. The molecule has 0 saturated heterocycles. The van der Waals surface area contributed by atoms with Crippen LogP contribution in [0.5, 0.6) is 0 Å². The Bertz CT molecular complexity index is 594. The maximum absolute atomic E-state index is 13.2. The average Bonchev–Trinajstić information content (AvgIpc) is 2.51. The molecule has 0 nitrogen and oxygen atoms in total. The summed E-state index contributed by atoms with van der Waals surface area (Å²) in [6.07, 6.45) is 11.6. The van der Waals surface area contributed by atoms with Gasteiger partial charge >= 0.3 is 0 Å². The second-order valence-corrected chi connectivity index (χ2v) is 10.1. The molecule has 140 valence electrons. The first kappa shape index (κ1) is 20.6. The third-order valence-electron chi connectivity index (χ3n) is 5.54. The van der Waals surface area contributed by atoms with Crippen molar-refractivity contribution in [2.75, 3.05) is 12.8 Å². The van der Waals surface area contributed by atoms with Crippen LogP contribution in [0.15, 0.2) is 45.8 Å². The van der Waals surface area contributed by atoms with E-state index in [0.717, 1.165) is 19.0 Å². The molecule has 0 aromatic rings. The quantitative estimate of drug-likeness (QED) is 0.435. The number of halogens is 2. The van der Waals surface area contributed by atoms with Gasteiger partial charge in [0.1, 0.15) is 0 Å². The third kappa shape index (κ3) is 5.61. The summed E-state index contributed by atoms with van der Waals surface area (Å²) < 4.78 is 26.5. The van der Waals surface area contributed by atoms with Gasteiger partial charge in [-0.25, -0.2) is 8.78 Å². The summed E-state index contributed by atoms with van der Waals surface area (Å²) in [4.78, 5) is 0. The van der Waals surface area contributed by atoms with Crippen LogP contribution in [0.1, 0.15) is 66.2 Å². The molecule has 2 aliphatic rings. The van der Waals surface area contributed by atoms with E-state index in [1.165, 1.54) is 27.6 Å². The molecule has 2 rings (SSSR count). The highest BCUT2D eigenvalue weighted by Gasteiger charge is 2.34. The molecule has 1 fully saturated rings. The molecule has 1 aliphatic heterocycles. The predicted molar refractivity (Wildman–Crippen MR) is 108 cm³/mol. The zero-order valence-electron chi connectivity index (χ0n) is 16.5. The lowest BCUT2D eigenvalue weighted by atomic mass is 9.85. The van der Waals surface area contributed by atoms with Gasteiger partial charge in [0.15, 0.2) is 0 Å². The molecule has 0 spiro atoms. The number of rotatable bonds is 5. The highest BCUT2D eigenvalue weighted by atomic mass is 31.1. The van der Waals surface area contributed by atoms with Crippen molar-refractivity contribution < 1.29 is 8.78 Å². The molecular weight excluding hydrogens is 333 g/mol. The lowest BCUT2D eigenvalue weighted by Crippen LogP contribution is -2.24. The SMILES string of the molecule is CCC(C1=CC(C)=C(/C=C\CC2CCC(F)(F)CC2)P(C)C1)=C(C)C. The van der Waals surface area contributed by atoms with Gasteiger partial charge in [0.25, 0.3) is 0 Å². The Kier molecular flexibility index (Phi) is 7.20. The van der Waals surface area contributed by atoms with Crippen LogP contribution in [0.25, 0.3) is 0 Å². The largest absolute Gasteiger partial charge is 0.248 e. The van der Waals surface area contributed by atoms with Crippen molar-refractivity contribution in [1.29, 1.82) is 0 Å². The monoisotopic (exact) mass is 366 g/mol. The molecule has 1 atom stereocenters. The normalized spacial score (nSPS) is 24.6. The molecule has 3 heteroatoms. The number of alkyl halides is 2. The lowest BCUT2D eigenvalue weighted by molar-refractivity contribution is -0.0453. The highest BCUT2D eigenvalue weighted by Crippen LogP contribution is 2.50. The van der Waals surface area contributed by atoms with E-state index < -0.39 is 5.92 Å². The Labute approximate surface area is 153 Å². The summed E-state index contributed by atoms with van der Waals surface area (Å²) >= 11 is 0. The summed E-state index contributed by atoms with van der Waals surface area (Å²) in [5, 5.41) is 1.48. The molecule has 1 unspecified atom stereocenters. The van der Waals surface area contributed by atoms with Gasteiger partial charge in [0, 0.05) is 12.8 Å². The molecule has 0 radical (unpaired) electrons. The van der Waals surface area contributed by atoms with E-state index in [0.29, 0.717) is 18.8 Å². The Morgan fingerprint density at radius 3 is 2.44 bits per heavy atom. The summed E-state index contributed by atoms with van der Waals surface area (Å²) in [7, 11) is -0.171. The Morgan fingerprint density at radius 1 is 1.28 bits per heavy atom. The summed E-state index contributed by atoms with van der Waals surface area (Å²) in [6, 6.07) is 0. The summed E-state index contributed by atoms with van der Waals surface area (Å²) in [6.45, 7) is 11.2. The van der Waals surface area contributed by atoms with Gasteiger partial charge in [-0.15, -0.1) is 0 Å². The van der Waals surface area contributed by atoms with E-state index in [2.05, 4.69) is 52.6 Å². The molecule has 0 aromatic carbocycles. The van der Waals surface area contributed by atoms with Crippen molar-refractivity contribution in [3.63, 3.8) is 0 Å². The van der Waals surface area contributed by atoms with Crippen LogP contribution in [0.3, 0.4) is 0 Å². The Morgan fingerprint density at radius 2 is 1.92 bits per heavy atom. The summed E-state index contributed by atoms with van der Waals surface area (Å²) in [5.41, 5.74) is 5.84. The van der Waals surface area contributed by atoms with Crippen molar-refractivity contribution in [3.8, 4) is 0 Å². The second-order valence-electron chi connectivity index (χ2n) is 7.86. The van der Waals surface area contributed by atoms with Gasteiger partial charge in [-0.05, 0) is 87.2 Å². The van der Waals surface area contributed by atoms with E-state index in [-0.39, 0.29) is 20.8 Å². The van der Waals surface area contributed by atoms with E-state index in [1.807, 2.05) is 0 Å². The minimum Gasteiger partial charge on any atom is -0.207 e. The van der Waals surface area contributed by atoms with Crippen LogP contribution in [-0.4, -0.2) is 18.7 Å². The first-order chi connectivity index (χ1) is 11.7. The van der Waals surface area contributed by atoms with Crippen LogP contribution in [0.4, 0.5) is 8.78 Å². The first-order valence-corrected chi connectivity index (χ1v) is 11.5. The average molecular weight is 366 g/mol. The predicted octanol–water partition coefficient (Wildman–Crippen LogP) is 7.83. The van der Waals surface area contributed by atoms with Crippen molar-refractivity contribution in [1.82, 2.24) is 0 Å². The van der Waals surface area contributed by atoms with E-state index in [1.54, 1.807) is 0 Å². The zero-order chi connectivity index (χ0) is 18.6. The second kappa shape index (κ2) is 8.76. The van der Waals surface area contributed by atoms with Gasteiger partial charge in [0.2, 0.25) is 5.92 Å². The molecule has 0 aromatic heterocycles. The van der Waals surface area contributed by atoms with Crippen molar-refractivity contribution in [2.24, 2.45) is 5.92 Å². The minimum atomic E-state index is -2.41. The van der Waals surface area contributed by atoms with Gasteiger partial charge in [0.05, 0.1) is 0 Å². The molecule has 1 heterocycles. The maximum Gasteiger partial charge on any atom is 0.248 e. The Hall–Kier alpha value is -0.750. The number of hydrogen-bond acceptors (Lipinski definition) is 0. The highest BCUT2D eigenvalue weighted by molar-refractivity contribution is 7.61. The molecule has 1 saturated carbocycles. The Balaban J connectivity index is 2.04. The van der Waals surface area contributed by atoms with Crippen LogP contribution in [0, 0.1) is 5.92 Å². The fraction of sp³-hybridized carbons (Fsp3) is 0.636. The topological polar surface area (TPSA) is 0 Å².